The standard InChI is InChI=1S/C21H21N3OS/c25-21-18(20-5-3-9-26-20)6-7-19-16-10-15(12-24(19)21)11-23(13-16)14-17-4-1-2-8-22-17/h1-9,15-16H,10-14H2/p+1/t15-,16+/m0/s1. The summed E-state index contributed by atoms with van der Waals surface area (Å²) in [6, 6.07) is 14.4. The van der Waals surface area contributed by atoms with Crippen LogP contribution in [0.2, 0.25) is 0 Å². The molecule has 3 aromatic heterocycles. The number of likely N-dealkylation sites (tertiary alicyclic amines) is 1. The number of rotatable bonds is 3. The number of fused-ring (bicyclic) bond motifs is 4. The lowest BCUT2D eigenvalue weighted by molar-refractivity contribution is -0.924. The first-order chi connectivity index (χ1) is 12.8. The monoisotopic (exact) mass is 364 g/mol. The SMILES string of the molecule is O=c1c(-c2cccs2)ccc2n1C[C@H]1C[C@@H]2C[NH+](Cc2ccccn2)C1. The van der Waals surface area contributed by atoms with E-state index in [1.54, 1.807) is 16.2 Å². The van der Waals surface area contributed by atoms with Gasteiger partial charge in [0.25, 0.3) is 5.56 Å². The predicted octanol–water partition coefficient (Wildman–Crippen LogP) is 2.17. The molecule has 4 nitrogen and oxygen atoms in total. The van der Waals surface area contributed by atoms with Gasteiger partial charge in [-0.2, -0.15) is 0 Å². The number of pyridine rings is 2. The van der Waals surface area contributed by atoms with Crippen molar-refractivity contribution >= 4 is 11.3 Å². The van der Waals surface area contributed by atoms with Gasteiger partial charge in [-0.25, -0.2) is 0 Å². The average Bonchev–Trinajstić information content (AvgIpc) is 3.18. The van der Waals surface area contributed by atoms with Gasteiger partial charge in [0.15, 0.2) is 0 Å². The lowest BCUT2D eigenvalue weighted by Gasteiger charge is -2.40. The molecule has 0 aromatic carbocycles. The Bertz CT molecular complexity index is 965. The quantitative estimate of drug-likeness (QED) is 0.774. The van der Waals surface area contributed by atoms with E-state index < -0.39 is 0 Å². The zero-order valence-electron chi connectivity index (χ0n) is 14.6. The molecule has 0 spiro atoms. The Hall–Kier alpha value is -2.24. The lowest BCUT2D eigenvalue weighted by atomic mass is 9.83. The minimum atomic E-state index is 0.188. The number of piperidine rings is 1. The molecular formula is C21H22N3OS+. The van der Waals surface area contributed by atoms with Crippen LogP contribution in [0.5, 0.6) is 0 Å². The van der Waals surface area contributed by atoms with Crippen LogP contribution in [0.1, 0.15) is 23.7 Å². The Balaban J connectivity index is 1.44. The van der Waals surface area contributed by atoms with Crippen LogP contribution >= 0.6 is 11.3 Å². The third-order valence-electron chi connectivity index (χ3n) is 5.74. The smallest absolute Gasteiger partial charge is 0.259 e. The second-order valence-corrected chi connectivity index (χ2v) is 8.47. The maximum Gasteiger partial charge on any atom is 0.259 e. The third-order valence-corrected chi connectivity index (χ3v) is 6.64. The van der Waals surface area contributed by atoms with Crippen LogP contribution in [0.15, 0.2) is 58.8 Å². The Kier molecular flexibility index (Phi) is 3.98. The normalized spacial score (nSPS) is 24.2. The number of nitrogens with one attached hydrogen (secondary N) is 1. The fraction of sp³-hybridized carbons (Fsp3) is 0.333. The van der Waals surface area contributed by atoms with Crippen LogP contribution < -0.4 is 10.5 Å². The van der Waals surface area contributed by atoms with Crippen molar-refractivity contribution < 1.29 is 4.90 Å². The van der Waals surface area contributed by atoms with Gasteiger partial charge in [-0.15, -0.1) is 11.3 Å². The molecule has 2 aliphatic rings. The topological polar surface area (TPSA) is 39.3 Å². The summed E-state index contributed by atoms with van der Waals surface area (Å²) >= 11 is 1.64. The minimum absolute atomic E-state index is 0.188. The van der Waals surface area contributed by atoms with E-state index >= 15 is 0 Å². The number of aromatic nitrogens is 2. The number of quaternary nitrogens is 1. The highest BCUT2D eigenvalue weighted by Gasteiger charge is 2.37. The Morgan fingerprint density at radius 1 is 1.15 bits per heavy atom. The van der Waals surface area contributed by atoms with E-state index in [1.165, 1.54) is 12.1 Å². The zero-order chi connectivity index (χ0) is 17.5. The third kappa shape index (κ3) is 2.81. The van der Waals surface area contributed by atoms with Crippen molar-refractivity contribution in [2.75, 3.05) is 13.1 Å². The largest absolute Gasteiger partial charge is 0.329 e. The van der Waals surface area contributed by atoms with E-state index in [9.17, 15) is 4.79 Å². The van der Waals surface area contributed by atoms with Crippen molar-refractivity contribution in [2.24, 2.45) is 5.92 Å². The molecule has 1 N–H and O–H groups in total. The fourth-order valence-electron chi connectivity index (χ4n) is 4.69. The van der Waals surface area contributed by atoms with E-state index in [-0.39, 0.29) is 5.56 Å². The van der Waals surface area contributed by atoms with Crippen LogP contribution in [0, 0.1) is 5.92 Å². The van der Waals surface area contributed by atoms with Crippen LogP contribution in [-0.2, 0) is 13.1 Å². The molecule has 2 aliphatic heterocycles. The Labute approximate surface area is 156 Å². The molecular weight excluding hydrogens is 342 g/mol. The van der Waals surface area contributed by atoms with Gasteiger partial charge in [0.2, 0.25) is 0 Å². The first-order valence-corrected chi connectivity index (χ1v) is 10.2. The van der Waals surface area contributed by atoms with Gasteiger partial charge in [0.1, 0.15) is 6.54 Å². The molecule has 5 rings (SSSR count). The molecule has 3 aromatic rings. The van der Waals surface area contributed by atoms with E-state index in [1.807, 2.05) is 35.8 Å². The van der Waals surface area contributed by atoms with Gasteiger partial charge < -0.3 is 9.47 Å². The van der Waals surface area contributed by atoms with Crippen molar-refractivity contribution in [2.45, 2.75) is 25.4 Å². The molecule has 0 amide bonds. The minimum Gasteiger partial charge on any atom is -0.329 e. The van der Waals surface area contributed by atoms with Crippen LogP contribution in [0.3, 0.4) is 0 Å². The molecule has 1 fully saturated rings. The molecule has 5 heteroatoms. The average molecular weight is 364 g/mol. The summed E-state index contributed by atoms with van der Waals surface area (Å²) in [5.74, 6) is 1.06. The second kappa shape index (κ2) is 6.49. The van der Waals surface area contributed by atoms with Crippen molar-refractivity contribution in [3.63, 3.8) is 0 Å². The summed E-state index contributed by atoms with van der Waals surface area (Å²) in [6.07, 6.45) is 3.09. The highest BCUT2D eigenvalue weighted by Crippen LogP contribution is 2.32. The summed E-state index contributed by atoms with van der Waals surface area (Å²) in [5, 5.41) is 2.03. The molecule has 1 unspecified atom stereocenters. The van der Waals surface area contributed by atoms with Gasteiger partial charge in [0, 0.05) is 35.1 Å². The number of hydrogen-bond acceptors (Lipinski definition) is 3. The lowest BCUT2D eigenvalue weighted by Crippen LogP contribution is -3.13. The molecule has 0 radical (unpaired) electrons. The number of thiophene rings is 1. The molecule has 1 saturated heterocycles. The number of hydrogen-bond donors (Lipinski definition) is 1. The molecule has 26 heavy (non-hydrogen) atoms. The maximum atomic E-state index is 13.1. The highest BCUT2D eigenvalue weighted by atomic mass is 32.1. The number of nitrogens with zero attached hydrogens (tertiary/aromatic N) is 2. The molecule has 0 aliphatic carbocycles. The Morgan fingerprint density at radius 3 is 2.92 bits per heavy atom. The van der Waals surface area contributed by atoms with Gasteiger partial charge in [-0.05, 0) is 42.1 Å². The summed E-state index contributed by atoms with van der Waals surface area (Å²) < 4.78 is 2.06. The van der Waals surface area contributed by atoms with Crippen LogP contribution in [0.25, 0.3) is 10.4 Å². The summed E-state index contributed by atoms with van der Waals surface area (Å²) in [4.78, 5) is 20.2. The van der Waals surface area contributed by atoms with Crippen molar-refractivity contribution in [1.29, 1.82) is 0 Å². The molecule has 2 bridgehead atoms. The Morgan fingerprint density at radius 2 is 2.12 bits per heavy atom. The second-order valence-electron chi connectivity index (χ2n) is 7.52. The zero-order valence-corrected chi connectivity index (χ0v) is 15.4. The predicted molar refractivity (Wildman–Crippen MR) is 104 cm³/mol. The molecule has 132 valence electrons. The van der Waals surface area contributed by atoms with Crippen LogP contribution in [0.4, 0.5) is 0 Å². The maximum absolute atomic E-state index is 13.1. The summed E-state index contributed by atoms with van der Waals surface area (Å²) in [5.41, 5.74) is 3.42. The molecule has 3 atom stereocenters. The van der Waals surface area contributed by atoms with Gasteiger partial charge in [-0.1, -0.05) is 12.1 Å². The first kappa shape index (κ1) is 16.0. The highest BCUT2D eigenvalue weighted by molar-refractivity contribution is 7.13. The first-order valence-electron chi connectivity index (χ1n) is 9.29. The van der Waals surface area contributed by atoms with Crippen molar-refractivity contribution in [3.05, 3.63) is 75.8 Å². The molecule has 0 saturated carbocycles. The van der Waals surface area contributed by atoms with Crippen molar-refractivity contribution in [1.82, 2.24) is 9.55 Å². The summed E-state index contributed by atoms with van der Waals surface area (Å²) in [7, 11) is 0. The van der Waals surface area contributed by atoms with Gasteiger partial charge in [-0.3, -0.25) is 9.78 Å². The van der Waals surface area contributed by atoms with Crippen LogP contribution in [-0.4, -0.2) is 22.6 Å². The van der Waals surface area contributed by atoms with E-state index in [4.69, 9.17) is 0 Å². The fourth-order valence-corrected chi connectivity index (χ4v) is 5.43. The van der Waals surface area contributed by atoms with Gasteiger partial charge in [0.05, 0.1) is 24.3 Å². The molecule has 5 heterocycles. The van der Waals surface area contributed by atoms with E-state index in [2.05, 4.69) is 27.8 Å². The summed E-state index contributed by atoms with van der Waals surface area (Å²) in [6.45, 7) is 4.05. The van der Waals surface area contributed by atoms with E-state index in [0.717, 1.165) is 42.3 Å². The van der Waals surface area contributed by atoms with E-state index in [0.29, 0.717) is 11.8 Å². The van der Waals surface area contributed by atoms with Crippen molar-refractivity contribution in [3.8, 4) is 10.4 Å². The van der Waals surface area contributed by atoms with Gasteiger partial charge >= 0.3 is 0 Å².